The molecule has 0 bridgehead atoms. The minimum absolute atomic E-state index is 0.711. The molecule has 0 aliphatic heterocycles. The summed E-state index contributed by atoms with van der Waals surface area (Å²) in [7, 11) is 0. The number of hydrogen-bond donors (Lipinski definition) is 0. The second-order valence-electron chi connectivity index (χ2n) is 2.52. The largest absolute Gasteiger partial charge is 0.239 e. The molecule has 0 spiro atoms. The molecule has 2 aromatic rings. The van der Waals surface area contributed by atoms with Gasteiger partial charge in [-0.3, -0.25) is 0 Å². The van der Waals surface area contributed by atoms with Crippen LogP contribution in [0, 0.1) is 18.3 Å². The molecule has 2 nitrogen and oxygen atoms in total. The first-order chi connectivity index (χ1) is 6.31. The van der Waals surface area contributed by atoms with Crippen molar-refractivity contribution in [3.05, 3.63) is 28.1 Å². The van der Waals surface area contributed by atoms with E-state index in [-0.39, 0.29) is 0 Å². The van der Waals surface area contributed by atoms with Crippen LogP contribution in [0.3, 0.4) is 0 Å². The number of thiophene rings is 1. The third-order valence-electron chi connectivity index (χ3n) is 1.63. The normalized spacial score (nSPS) is 9.85. The van der Waals surface area contributed by atoms with E-state index in [1.54, 1.807) is 11.3 Å². The number of hydrogen-bond acceptors (Lipinski definition) is 4. The average molecular weight is 206 g/mol. The first-order valence-electron chi connectivity index (χ1n) is 3.72. The molecule has 0 aliphatic carbocycles. The molecule has 0 aromatic carbocycles. The lowest BCUT2D eigenvalue weighted by Gasteiger charge is -1.84. The van der Waals surface area contributed by atoms with Gasteiger partial charge in [-0.1, -0.05) is 6.07 Å². The van der Waals surface area contributed by atoms with E-state index in [2.05, 4.69) is 11.1 Å². The Kier molecular flexibility index (Phi) is 2.13. The Balaban J connectivity index is 2.50. The maximum atomic E-state index is 8.75. The summed E-state index contributed by atoms with van der Waals surface area (Å²) < 4.78 is 0. The van der Waals surface area contributed by atoms with E-state index in [9.17, 15) is 0 Å². The monoisotopic (exact) mass is 206 g/mol. The molecule has 13 heavy (non-hydrogen) atoms. The van der Waals surface area contributed by atoms with Crippen LogP contribution in [-0.2, 0) is 0 Å². The van der Waals surface area contributed by atoms with Gasteiger partial charge in [-0.25, -0.2) is 4.98 Å². The highest BCUT2D eigenvalue weighted by Gasteiger charge is 2.08. The van der Waals surface area contributed by atoms with Crippen molar-refractivity contribution in [2.45, 2.75) is 6.92 Å². The molecule has 64 valence electrons. The minimum Gasteiger partial charge on any atom is -0.239 e. The van der Waals surface area contributed by atoms with Crippen molar-refractivity contribution in [2.75, 3.05) is 0 Å². The lowest BCUT2D eigenvalue weighted by Crippen LogP contribution is -1.73. The van der Waals surface area contributed by atoms with E-state index >= 15 is 0 Å². The summed E-state index contributed by atoms with van der Waals surface area (Å²) >= 11 is 3.10. The van der Waals surface area contributed by atoms with Gasteiger partial charge in [0.2, 0.25) is 0 Å². The van der Waals surface area contributed by atoms with Crippen LogP contribution in [0.1, 0.15) is 10.6 Å². The van der Waals surface area contributed by atoms with Gasteiger partial charge >= 0.3 is 0 Å². The second kappa shape index (κ2) is 3.29. The van der Waals surface area contributed by atoms with Gasteiger partial charge in [-0.2, -0.15) is 5.26 Å². The van der Waals surface area contributed by atoms with Crippen LogP contribution in [-0.4, -0.2) is 4.98 Å². The Bertz CT molecular complexity index is 448. The standard InChI is InChI=1S/C9H6N2S2/c1-6-8(5-10)13-9(11-6)7-3-2-4-12-7/h2-4H,1H3. The first-order valence-corrected chi connectivity index (χ1v) is 5.42. The molecule has 0 saturated carbocycles. The van der Waals surface area contributed by atoms with E-state index in [1.807, 2.05) is 24.4 Å². The molecule has 0 atom stereocenters. The van der Waals surface area contributed by atoms with Crippen LogP contribution in [0.15, 0.2) is 17.5 Å². The van der Waals surface area contributed by atoms with E-state index in [4.69, 9.17) is 5.26 Å². The zero-order valence-corrected chi connectivity index (χ0v) is 8.58. The molecule has 0 amide bonds. The number of aryl methyl sites for hydroxylation is 1. The summed E-state index contributed by atoms with van der Waals surface area (Å²) in [5, 5.41) is 11.7. The van der Waals surface area contributed by atoms with Gasteiger partial charge in [-0.15, -0.1) is 22.7 Å². The predicted molar refractivity (Wildman–Crippen MR) is 54.9 cm³/mol. The summed E-state index contributed by atoms with van der Waals surface area (Å²) in [6.07, 6.45) is 0. The van der Waals surface area contributed by atoms with Crippen LogP contribution >= 0.6 is 22.7 Å². The van der Waals surface area contributed by atoms with E-state index < -0.39 is 0 Å². The molecule has 0 fully saturated rings. The van der Waals surface area contributed by atoms with Gasteiger partial charge in [0.05, 0.1) is 10.6 Å². The van der Waals surface area contributed by atoms with Crippen LogP contribution in [0.2, 0.25) is 0 Å². The van der Waals surface area contributed by atoms with Crippen molar-refractivity contribution in [1.82, 2.24) is 4.98 Å². The van der Waals surface area contributed by atoms with Gasteiger partial charge in [0.1, 0.15) is 16.0 Å². The van der Waals surface area contributed by atoms with Crippen LogP contribution < -0.4 is 0 Å². The number of rotatable bonds is 1. The van der Waals surface area contributed by atoms with Crippen molar-refractivity contribution in [2.24, 2.45) is 0 Å². The van der Waals surface area contributed by atoms with Crippen LogP contribution in [0.4, 0.5) is 0 Å². The SMILES string of the molecule is Cc1nc(-c2cccs2)sc1C#N. The van der Waals surface area contributed by atoms with Crippen molar-refractivity contribution in [3.63, 3.8) is 0 Å². The zero-order chi connectivity index (χ0) is 9.26. The minimum atomic E-state index is 0.711. The highest BCUT2D eigenvalue weighted by Crippen LogP contribution is 2.30. The van der Waals surface area contributed by atoms with Gasteiger partial charge < -0.3 is 0 Å². The van der Waals surface area contributed by atoms with Crippen molar-refractivity contribution in [1.29, 1.82) is 5.26 Å². The third-order valence-corrected chi connectivity index (χ3v) is 3.73. The van der Waals surface area contributed by atoms with Crippen LogP contribution in [0.5, 0.6) is 0 Å². The summed E-state index contributed by atoms with van der Waals surface area (Å²) in [6.45, 7) is 1.87. The van der Waals surface area contributed by atoms with Gasteiger partial charge in [-0.05, 0) is 18.4 Å². The first kappa shape index (κ1) is 8.42. The molecule has 0 unspecified atom stereocenters. The summed E-state index contributed by atoms with van der Waals surface area (Å²) in [6, 6.07) is 6.15. The smallest absolute Gasteiger partial charge is 0.134 e. The second-order valence-corrected chi connectivity index (χ2v) is 4.47. The molecule has 2 aromatic heterocycles. The molecule has 4 heteroatoms. The summed E-state index contributed by atoms with van der Waals surface area (Å²) in [5.41, 5.74) is 0.830. The molecule has 2 rings (SSSR count). The summed E-state index contributed by atoms with van der Waals surface area (Å²) in [4.78, 5) is 6.18. The van der Waals surface area contributed by atoms with E-state index in [1.165, 1.54) is 11.3 Å². The lowest BCUT2D eigenvalue weighted by molar-refractivity contribution is 1.26. The molecular weight excluding hydrogens is 200 g/mol. The highest BCUT2D eigenvalue weighted by molar-refractivity contribution is 7.21. The lowest BCUT2D eigenvalue weighted by atomic mass is 10.4. The van der Waals surface area contributed by atoms with Gasteiger partial charge in [0, 0.05) is 0 Å². The fourth-order valence-electron chi connectivity index (χ4n) is 1.01. The van der Waals surface area contributed by atoms with Crippen LogP contribution in [0.25, 0.3) is 9.88 Å². The number of aromatic nitrogens is 1. The maximum absolute atomic E-state index is 8.75. The maximum Gasteiger partial charge on any atom is 0.134 e. The molecule has 2 heterocycles. The van der Waals surface area contributed by atoms with Crippen molar-refractivity contribution < 1.29 is 0 Å². The van der Waals surface area contributed by atoms with E-state index in [0.29, 0.717) is 4.88 Å². The molecule has 0 saturated heterocycles. The zero-order valence-electron chi connectivity index (χ0n) is 6.94. The summed E-state index contributed by atoms with van der Waals surface area (Å²) in [5.74, 6) is 0. The predicted octanol–water partition coefficient (Wildman–Crippen LogP) is 3.05. The Hall–Kier alpha value is -1.18. The Morgan fingerprint density at radius 3 is 2.92 bits per heavy atom. The Morgan fingerprint density at radius 1 is 1.54 bits per heavy atom. The Morgan fingerprint density at radius 2 is 2.38 bits per heavy atom. The fourth-order valence-corrected chi connectivity index (χ4v) is 2.67. The molecular formula is C9H6N2S2. The fraction of sp³-hybridized carbons (Fsp3) is 0.111. The topological polar surface area (TPSA) is 36.7 Å². The molecule has 0 radical (unpaired) electrons. The van der Waals surface area contributed by atoms with Crippen molar-refractivity contribution >= 4 is 22.7 Å². The van der Waals surface area contributed by atoms with E-state index in [0.717, 1.165) is 15.6 Å². The Labute approximate surface area is 84.1 Å². The third kappa shape index (κ3) is 1.48. The van der Waals surface area contributed by atoms with Gasteiger partial charge in [0.25, 0.3) is 0 Å². The molecule has 0 aliphatic rings. The quantitative estimate of drug-likeness (QED) is 0.719. The molecule has 0 N–H and O–H groups in total. The highest BCUT2D eigenvalue weighted by atomic mass is 32.1. The van der Waals surface area contributed by atoms with Gasteiger partial charge in [0.15, 0.2) is 0 Å². The number of thiazole rings is 1. The number of nitriles is 1. The average Bonchev–Trinajstić information content (AvgIpc) is 2.71. The van der Waals surface area contributed by atoms with Crippen molar-refractivity contribution in [3.8, 4) is 16.0 Å². The number of nitrogens with zero attached hydrogens (tertiary/aromatic N) is 2.